The van der Waals surface area contributed by atoms with Gasteiger partial charge in [0, 0.05) is 26.5 Å². The van der Waals surface area contributed by atoms with Gasteiger partial charge in [0.1, 0.15) is 11.6 Å². The van der Waals surface area contributed by atoms with Crippen LogP contribution in [0, 0.1) is 0 Å². The molecule has 0 atom stereocenters. The molecule has 0 unspecified atom stereocenters. The van der Waals surface area contributed by atoms with Crippen LogP contribution in [-0.2, 0) is 0 Å². The van der Waals surface area contributed by atoms with E-state index in [1.165, 1.54) is 0 Å². The average Bonchev–Trinajstić information content (AvgIpc) is 2.72. The molecule has 0 spiro atoms. The first-order valence-corrected chi connectivity index (χ1v) is 8.07. The van der Waals surface area contributed by atoms with Gasteiger partial charge in [-0.05, 0) is 36.4 Å². The fraction of sp³-hybridized carbons (Fsp3) is 0.105. The predicted molar refractivity (Wildman–Crippen MR) is 105 cm³/mol. The molecule has 0 bridgehead atoms. The summed E-state index contributed by atoms with van der Waals surface area (Å²) in [5.74, 6) is 1.52. The van der Waals surface area contributed by atoms with Crippen molar-refractivity contribution in [3.05, 3.63) is 78.4 Å². The summed E-state index contributed by atoms with van der Waals surface area (Å²) in [5, 5.41) is 12.1. The van der Waals surface area contributed by atoms with Crippen LogP contribution in [0.5, 0.6) is 0 Å². The van der Waals surface area contributed by atoms with Crippen LogP contribution in [0.2, 0.25) is 0 Å². The fourth-order valence-electron chi connectivity index (χ4n) is 2.11. The lowest BCUT2D eigenvalue weighted by Gasteiger charge is -2.11. The highest BCUT2D eigenvalue weighted by atomic mass is 15.5. The van der Waals surface area contributed by atoms with Crippen molar-refractivity contribution in [2.45, 2.75) is 0 Å². The van der Waals surface area contributed by atoms with Gasteiger partial charge in [0.2, 0.25) is 0 Å². The average molecular weight is 345 g/mol. The van der Waals surface area contributed by atoms with Crippen LogP contribution in [0.3, 0.4) is 0 Å². The number of hydrazone groups is 2. The molecule has 7 heteroatoms. The maximum absolute atomic E-state index is 4.51. The van der Waals surface area contributed by atoms with Gasteiger partial charge in [0.05, 0.1) is 23.8 Å². The van der Waals surface area contributed by atoms with Crippen LogP contribution in [0.4, 0.5) is 11.6 Å². The summed E-state index contributed by atoms with van der Waals surface area (Å²) in [6.07, 6.45) is 6.84. The van der Waals surface area contributed by atoms with E-state index >= 15 is 0 Å². The van der Waals surface area contributed by atoms with Gasteiger partial charge in [0.25, 0.3) is 0 Å². The van der Waals surface area contributed by atoms with E-state index in [9.17, 15) is 0 Å². The van der Waals surface area contributed by atoms with Gasteiger partial charge in [-0.3, -0.25) is 10.0 Å². The largest absolute Gasteiger partial charge is 0.251 e. The highest BCUT2D eigenvalue weighted by Gasteiger charge is 2.00. The van der Waals surface area contributed by atoms with Gasteiger partial charge in [0.15, 0.2) is 0 Å². The molecular weight excluding hydrogens is 326 g/mol. The second-order valence-electron chi connectivity index (χ2n) is 5.40. The van der Waals surface area contributed by atoms with E-state index < -0.39 is 0 Å². The minimum atomic E-state index is 0.734. The van der Waals surface area contributed by atoms with Crippen LogP contribution >= 0.6 is 0 Å². The zero-order chi connectivity index (χ0) is 18.2. The molecule has 130 valence electrons. The Hall–Kier alpha value is -3.61. The molecule has 3 aromatic rings. The van der Waals surface area contributed by atoms with Crippen molar-refractivity contribution in [3.8, 4) is 0 Å². The Morgan fingerprint density at radius 3 is 1.62 bits per heavy atom. The minimum absolute atomic E-state index is 0.734. The van der Waals surface area contributed by atoms with E-state index in [1.807, 2.05) is 68.7 Å². The highest BCUT2D eigenvalue weighted by molar-refractivity contribution is 5.82. The van der Waals surface area contributed by atoms with Crippen molar-refractivity contribution < 1.29 is 0 Å². The zero-order valence-corrected chi connectivity index (χ0v) is 14.6. The lowest BCUT2D eigenvalue weighted by atomic mass is 10.3. The maximum atomic E-state index is 4.51. The fourth-order valence-corrected chi connectivity index (χ4v) is 2.11. The van der Waals surface area contributed by atoms with Crippen LogP contribution < -0.4 is 10.0 Å². The summed E-state index contributed by atoms with van der Waals surface area (Å²) >= 11 is 0. The molecule has 0 radical (unpaired) electrons. The highest BCUT2D eigenvalue weighted by Crippen LogP contribution is 2.08. The van der Waals surface area contributed by atoms with E-state index in [1.54, 1.807) is 34.8 Å². The van der Waals surface area contributed by atoms with Crippen LogP contribution in [-0.4, -0.2) is 41.5 Å². The third kappa shape index (κ3) is 4.70. The van der Waals surface area contributed by atoms with Crippen LogP contribution in [0.1, 0.15) is 11.4 Å². The van der Waals surface area contributed by atoms with Gasteiger partial charge in [-0.1, -0.05) is 18.2 Å². The molecular formula is C19H19N7. The van der Waals surface area contributed by atoms with E-state index in [4.69, 9.17) is 0 Å². The third-order valence-electron chi connectivity index (χ3n) is 3.48. The molecule has 0 N–H and O–H groups in total. The Morgan fingerprint density at radius 1 is 0.692 bits per heavy atom. The molecule has 3 aromatic heterocycles. The molecule has 26 heavy (non-hydrogen) atoms. The minimum Gasteiger partial charge on any atom is -0.251 e. The first-order valence-electron chi connectivity index (χ1n) is 8.07. The molecule has 0 amide bonds. The van der Waals surface area contributed by atoms with Crippen molar-refractivity contribution in [1.29, 1.82) is 0 Å². The number of anilines is 2. The summed E-state index contributed by atoms with van der Waals surface area (Å²) in [5.41, 5.74) is 1.47. The number of rotatable bonds is 6. The topological polar surface area (TPSA) is 69.9 Å². The van der Waals surface area contributed by atoms with Crippen molar-refractivity contribution in [2.24, 2.45) is 10.2 Å². The Labute approximate surface area is 152 Å². The van der Waals surface area contributed by atoms with E-state index in [-0.39, 0.29) is 0 Å². The standard InChI is InChI=1S/C19H19N7/c1-25(18-10-3-5-12-20-18)22-14-16-8-7-9-17(24-16)15-23-26(2)19-11-4-6-13-21-19/h3-15H,1-2H3. The smallest absolute Gasteiger partial charge is 0.148 e. The normalized spacial score (nSPS) is 11.2. The molecule has 0 aliphatic rings. The Morgan fingerprint density at radius 2 is 1.19 bits per heavy atom. The van der Waals surface area contributed by atoms with Crippen LogP contribution in [0.25, 0.3) is 0 Å². The zero-order valence-electron chi connectivity index (χ0n) is 14.6. The number of aromatic nitrogens is 3. The van der Waals surface area contributed by atoms with Gasteiger partial charge in [-0.2, -0.15) is 10.2 Å². The Kier molecular flexibility index (Phi) is 5.61. The predicted octanol–water partition coefficient (Wildman–Crippen LogP) is 2.81. The van der Waals surface area contributed by atoms with Crippen molar-refractivity contribution >= 4 is 24.1 Å². The van der Waals surface area contributed by atoms with Crippen LogP contribution in [0.15, 0.2) is 77.2 Å². The summed E-state index contributed by atoms with van der Waals surface area (Å²) in [6.45, 7) is 0. The van der Waals surface area contributed by atoms with Crippen molar-refractivity contribution in [3.63, 3.8) is 0 Å². The lowest BCUT2D eigenvalue weighted by Crippen LogP contribution is -2.11. The van der Waals surface area contributed by atoms with Gasteiger partial charge >= 0.3 is 0 Å². The Bertz CT molecular complexity index is 808. The summed E-state index contributed by atoms with van der Waals surface area (Å²) < 4.78 is 0. The van der Waals surface area contributed by atoms with Crippen molar-refractivity contribution in [1.82, 2.24) is 15.0 Å². The van der Waals surface area contributed by atoms with Gasteiger partial charge in [-0.15, -0.1) is 0 Å². The molecule has 0 saturated carbocycles. The molecule has 3 heterocycles. The SMILES string of the molecule is CN(N=Cc1cccc(C=NN(C)c2ccccn2)n1)c1ccccn1. The number of pyridine rings is 3. The number of hydrogen-bond acceptors (Lipinski definition) is 7. The van der Waals surface area contributed by atoms with Gasteiger partial charge in [-0.25, -0.2) is 15.0 Å². The molecule has 3 rings (SSSR count). The quantitative estimate of drug-likeness (QED) is 0.507. The lowest BCUT2D eigenvalue weighted by molar-refractivity contribution is 0.979. The summed E-state index contributed by atoms with van der Waals surface area (Å²) in [4.78, 5) is 13.0. The van der Waals surface area contributed by atoms with E-state index in [0.717, 1.165) is 23.0 Å². The monoisotopic (exact) mass is 345 g/mol. The Balaban J connectivity index is 1.68. The second-order valence-corrected chi connectivity index (χ2v) is 5.40. The summed E-state index contributed by atoms with van der Waals surface area (Å²) in [7, 11) is 3.68. The molecule has 0 fully saturated rings. The number of hydrogen-bond donors (Lipinski definition) is 0. The third-order valence-corrected chi connectivity index (χ3v) is 3.48. The second kappa shape index (κ2) is 8.48. The molecule has 7 nitrogen and oxygen atoms in total. The maximum Gasteiger partial charge on any atom is 0.148 e. The number of nitrogens with zero attached hydrogens (tertiary/aromatic N) is 7. The molecule has 0 aromatic carbocycles. The first-order chi connectivity index (χ1) is 12.7. The molecule has 0 aliphatic heterocycles. The van der Waals surface area contributed by atoms with E-state index in [2.05, 4.69) is 25.2 Å². The summed E-state index contributed by atoms with van der Waals surface area (Å²) in [6, 6.07) is 17.0. The van der Waals surface area contributed by atoms with Gasteiger partial charge < -0.3 is 0 Å². The van der Waals surface area contributed by atoms with E-state index in [0.29, 0.717) is 0 Å². The molecule has 0 aliphatic carbocycles. The first kappa shape index (κ1) is 17.2. The van der Waals surface area contributed by atoms with Crippen molar-refractivity contribution in [2.75, 3.05) is 24.1 Å². The molecule has 0 saturated heterocycles.